The van der Waals surface area contributed by atoms with Gasteiger partial charge in [-0.1, -0.05) is 0 Å². The maximum absolute atomic E-state index is 12.1. The molecule has 0 bridgehead atoms. The molecule has 0 aliphatic carbocycles. The summed E-state index contributed by atoms with van der Waals surface area (Å²) in [5.41, 5.74) is 0.366. The van der Waals surface area contributed by atoms with Gasteiger partial charge in [-0.05, 0) is 45.1 Å². The van der Waals surface area contributed by atoms with E-state index in [1.807, 2.05) is 0 Å². The third-order valence-electron chi connectivity index (χ3n) is 2.55. The maximum atomic E-state index is 12.1. The van der Waals surface area contributed by atoms with E-state index in [9.17, 15) is 18.0 Å². The van der Waals surface area contributed by atoms with Crippen molar-refractivity contribution in [2.45, 2.75) is 32.7 Å². The predicted molar refractivity (Wildman–Crippen MR) is 91.8 cm³/mol. The number of thiazole rings is 1. The van der Waals surface area contributed by atoms with Crippen molar-refractivity contribution in [1.29, 1.82) is 0 Å². The summed E-state index contributed by atoms with van der Waals surface area (Å²) in [6, 6.07) is 2.54. The minimum atomic E-state index is -4.75. The first-order valence-corrected chi connectivity index (χ1v) is 8.23. The van der Waals surface area contributed by atoms with Crippen LogP contribution >= 0.6 is 11.3 Å². The number of hydrogen-bond donors (Lipinski definition) is 1. The molecule has 6 nitrogen and oxygen atoms in total. The Morgan fingerprint density at radius 2 is 1.88 bits per heavy atom. The first-order valence-electron chi connectivity index (χ1n) is 7.36. The predicted octanol–water partition coefficient (Wildman–Crippen LogP) is 4.95. The van der Waals surface area contributed by atoms with Crippen LogP contribution in [0.4, 0.5) is 23.1 Å². The first kappa shape index (κ1) is 19.7. The van der Waals surface area contributed by atoms with Crippen LogP contribution in [0.25, 0.3) is 12.2 Å². The largest absolute Gasteiger partial charge is 0.573 e. The van der Waals surface area contributed by atoms with Crippen molar-refractivity contribution in [2.75, 3.05) is 5.32 Å². The highest BCUT2D eigenvalue weighted by Crippen LogP contribution is 2.22. The van der Waals surface area contributed by atoms with Crippen LogP contribution in [0, 0.1) is 0 Å². The van der Waals surface area contributed by atoms with Gasteiger partial charge in [-0.15, -0.1) is 24.5 Å². The number of rotatable bonds is 4. The molecule has 140 valence electrons. The number of aromatic nitrogens is 2. The van der Waals surface area contributed by atoms with E-state index in [4.69, 9.17) is 4.74 Å². The summed E-state index contributed by atoms with van der Waals surface area (Å²) in [6.07, 6.45) is -1.20. The smallest absolute Gasteiger partial charge is 0.444 e. The van der Waals surface area contributed by atoms with E-state index in [0.717, 1.165) is 12.3 Å². The number of alkyl halides is 3. The lowest BCUT2D eigenvalue weighted by Crippen LogP contribution is -2.27. The number of nitrogens with one attached hydrogen (secondary N) is 1. The number of pyridine rings is 1. The zero-order valence-electron chi connectivity index (χ0n) is 14.1. The Morgan fingerprint density at radius 3 is 2.46 bits per heavy atom. The van der Waals surface area contributed by atoms with Crippen LogP contribution in [0.2, 0.25) is 0 Å². The average Bonchev–Trinajstić information content (AvgIpc) is 2.90. The molecule has 0 aliphatic heterocycles. The Bertz CT molecular complexity index is 781. The summed E-state index contributed by atoms with van der Waals surface area (Å²) in [5, 5.41) is 4.58. The van der Waals surface area contributed by atoms with Crippen molar-refractivity contribution in [3.05, 3.63) is 35.1 Å². The van der Waals surface area contributed by atoms with Crippen LogP contribution in [0.5, 0.6) is 5.75 Å². The van der Waals surface area contributed by atoms with Crippen LogP contribution in [0.15, 0.2) is 23.7 Å². The van der Waals surface area contributed by atoms with Gasteiger partial charge in [-0.25, -0.2) is 9.78 Å². The molecule has 2 heterocycles. The molecule has 0 radical (unpaired) electrons. The highest BCUT2D eigenvalue weighted by molar-refractivity contribution is 7.14. The molecule has 1 amide bonds. The van der Waals surface area contributed by atoms with E-state index in [1.165, 1.54) is 17.4 Å². The van der Waals surface area contributed by atoms with Crippen molar-refractivity contribution >= 4 is 34.7 Å². The Labute approximate surface area is 151 Å². The zero-order valence-corrected chi connectivity index (χ0v) is 14.9. The molecular weight excluding hydrogens is 371 g/mol. The molecule has 2 rings (SSSR count). The number of carbonyl (C=O) groups excluding carboxylic acids is 1. The lowest BCUT2D eigenvalue weighted by Gasteiger charge is -2.18. The lowest BCUT2D eigenvalue weighted by molar-refractivity contribution is -0.274. The molecule has 10 heteroatoms. The normalized spacial score (nSPS) is 12.2. The average molecular weight is 387 g/mol. The number of carbonyl (C=O) groups is 1. The fraction of sp³-hybridized carbons (Fsp3) is 0.312. The molecule has 0 fully saturated rings. The molecule has 0 saturated heterocycles. The highest BCUT2D eigenvalue weighted by Gasteiger charge is 2.31. The molecular formula is C16H16F3N3O3S. The number of hydrogen-bond acceptors (Lipinski definition) is 6. The minimum absolute atomic E-state index is 0.362. The third-order valence-corrected chi connectivity index (χ3v) is 3.32. The summed E-state index contributed by atoms with van der Waals surface area (Å²) in [5.74, 6) is -0.396. The van der Waals surface area contributed by atoms with Gasteiger partial charge in [-0.2, -0.15) is 0 Å². The van der Waals surface area contributed by atoms with E-state index in [-0.39, 0.29) is 0 Å². The Balaban J connectivity index is 1.95. The molecule has 0 spiro atoms. The van der Waals surface area contributed by atoms with Crippen molar-refractivity contribution in [1.82, 2.24) is 9.97 Å². The lowest BCUT2D eigenvalue weighted by atomic mass is 10.2. The number of anilines is 1. The molecule has 0 aliphatic rings. The number of halogens is 3. The van der Waals surface area contributed by atoms with E-state index in [1.54, 1.807) is 38.3 Å². The fourth-order valence-electron chi connectivity index (χ4n) is 1.67. The van der Waals surface area contributed by atoms with Crippen LogP contribution in [0.3, 0.4) is 0 Å². The van der Waals surface area contributed by atoms with Crippen LogP contribution in [-0.2, 0) is 4.74 Å². The monoisotopic (exact) mass is 387 g/mol. The van der Waals surface area contributed by atoms with Crippen molar-refractivity contribution in [2.24, 2.45) is 0 Å². The summed E-state index contributed by atoms with van der Waals surface area (Å²) in [6.45, 7) is 5.25. The van der Waals surface area contributed by atoms with E-state index >= 15 is 0 Å². The van der Waals surface area contributed by atoms with Gasteiger partial charge in [0.25, 0.3) is 0 Å². The Kier molecular flexibility index (Phi) is 5.86. The molecule has 0 unspecified atom stereocenters. The number of ether oxygens (including phenoxy) is 2. The number of nitrogens with zero attached hydrogens (tertiary/aromatic N) is 2. The van der Waals surface area contributed by atoms with Gasteiger partial charge in [0.05, 0.1) is 17.6 Å². The topological polar surface area (TPSA) is 73.3 Å². The second-order valence-electron chi connectivity index (χ2n) is 6.00. The summed E-state index contributed by atoms with van der Waals surface area (Å²) in [4.78, 5) is 19.7. The van der Waals surface area contributed by atoms with Gasteiger partial charge in [0, 0.05) is 5.38 Å². The number of amides is 1. The van der Waals surface area contributed by atoms with Crippen molar-refractivity contribution in [3.8, 4) is 5.75 Å². The molecule has 0 saturated carbocycles. The molecule has 0 atom stereocenters. The van der Waals surface area contributed by atoms with Crippen molar-refractivity contribution in [3.63, 3.8) is 0 Å². The molecule has 26 heavy (non-hydrogen) atoms. The molecule has 2 aromatic rings. The van der Waals surface area contributed by atoms with Gasteiger partial charge in [0.1, 0.15) is 11.4 Å². The van der Waals surface area contributed by atoms with Gasteiger partial charge in [0.2, 0.25) is 0 Å². The second-order valence-corrected chi connectivity index (χ2v) is 6.86. The minimum Gasteiger partial charge on any atom is -0.444 e. The van der Waals surface area contributed by atoms with Crippen LogP contribution in [-0.4, -0.2) is 28.0 Å². The van der Waals surface area contributed by atoms with E-state index in [0.29, 0.717) is 16.5 Å². The molecule has 0 aromatic carbocycles. The van der Waals surface area contributed by atoms with Gasteiger partial charge in [-0.3, -0.25) is 10.3 Å². The van der Waals surface area contributed by atoms with Gasteiger partial charge in [0.15, 0.2) is 5.13 Å². The fourth-order valence-corrected chi connectivity index (χ4v) is 2.33. The Hall–Kier alpha value is -2.62. The summed E-state index contributed by atoms with van der Waals surface area (Å²) < 4.78 is 45.1. The maximum Gasteiger partial charge on any atom is 0.573 e. The van der Waals surface area contributed by atoms with Crippen molar-refractivity contribution < 1.29 is 27.4 Å². The molecule has 1 N–H and O–H groups in total. The zero-order chi connectivity index (χ0) is 19.4. The second kappa shape index (κ2) is 7.73. The summed E-state index contributed by atoms with van der Waals surface area (Å²) >= 11 is 1.21. The Morgan fingerprint density at radius 1 is 1.19 bits per heavy atom. The molecule has 2 aromatic heterocycles. The van der Waals surface area contributed by atoms with E-state index in [2.05, 4.69) is 20.0 Å². The highest BCUT2D eigenvalue weighted by atomic mass is 32.1. The SMILES string of the molecule is CC(C)(C)OC(=O)Nc1nc(C=Cc2ccc(OC(F)(F)F)cn2)cs1. The van der Waals surface area contributed by atoms with E-state index < -0.39 is 23.8 Å². The quantitative estimate of drug-likeness (QED) is 0.803. The third kappa shape index (κ3) is 7.09. The standard InChI is InChI=1S/C16H16F3N3O3S/c1-15(2,3)25-14(23)22-13-21-11(9-26-13)5-4-10-6-7-12(8-20-10)24-16(17,18)19/h4-9H,1-3H3,(H,21,22,23). The van der Waals surface area contributed by atoms with Crippen LogP contribution < -0.4 is 10.1 Å². The van der Waals surface area contributed by atoms with Gasteiger partial charge >= 0.3 is 12.5 Å². The van der Waals surface area contributed by atoms with Gasteiger partial charge < -0.3 is 9.47 Å². The first-order chi connectivity index (χ1) is 12.0. The summed E-state index contributed by atoms with van der Waals surface area (Å²) in [7, 11) is 0. The van der Waals surface area contributed by atoms with Crippen LogP contribution in [0.1, 0.15) is 32.2 Å².